The van der Waals surface area contributed by atoms with Crippen LogP contribution in [0, 0.1) is 6.92 Å². The van der Waals surface area contributed by atoms with Gasteiger partial charge in [0.2, 0.25) is 0 Å². The van der Waals surface area contributed by atoms with Crippen molar-refractivity contribution in [2.75, 3.05) is 14.2 Å². The van der Waals surface area contributed by atoms with Crippen molar-refractivity contribution in [3.05, 3.63) is 101 Å². The maximum absolute atomic E-state index is 12.8. The highest BCUT2D eigenvalue weighted by molar-refractivity contribution is 6.04. The Labute approximate surface area is 198 Å². The van der Waals surface area contributed by atoms with Gasteiger partial charge in [-0.25, -0.2) is 9.59 Å². The number of nitrogens with one attached hydrogen (secondary N) is 2. The molecule has 1 heterocycles. The third-order valence-corrected chi connectivity index (χ3v) is 5.73. The predicted molar refractivity (Wildman–Crippen MR) is 128 cm³/mol. The molecule has 3 aromatic rings. The second-order valence-corrected chi connectivity index (χ2v) is 7.82. The fourth-order valence-electron chi connectivity index (χ4n) is 3.82. The normalized spacial score (nSPS) is 15.3. The van der Waals surface area contributed by atoms with Crippen LogP contribution in [0.15, 0.2) is 78.4 Å². The van der Waals surface area contributed by atoms with Crippen molar-refractivity contribution < 1.29 is 23.8 Å². The van der Waals surface area contributed by atoms with Crippen LogP contribution >= 0.6 is 0 Å². The SMILES string of the molecule is COC(=O)C1=C(c2ccc(OC)cc2)NC(=O)NC1c1ccc(OCc2ccccc2C)cc1. The second kappa shape index (κ2) is 10.1. The fourth-order valence-corrected chi connectivity index (χ4v) is 3.82. The molecule has 0 saturated carbocycles. The van der Waals surface area contributed by atoms with E-state index in [1.807, 2.05) is 55.5 Å². The number of urea groups is 1. The third kappa shape index (κ3) is 4.88. The van der Waals surface area contributed by atoms with E-state index >= 15 is 0 Å². The maximum Gasteiger partial charge on any atom is 0.338 e. The molecule has 1 atom stereocenters. The van der Waals surface area contributed by atoms with Crippen molar-refractivity contribution in [1.29, 1.82) is 0 Å². The number of hydrogen-bond acceptors (Lipinski definition) is 5. The first-order chi connectivity index (χ1) is 16.5. The van der Waals surface area contributed by atoms with Gasteiger partial charge in [-0.05, 0) is 65.6 Å². The first kappa shape index (κ1) is 22.9. The predicted octanol–water partition coefficient (Wildman–Crippen LogP) is 4.52. The summed E-state index contributed by atoms with van der Waals surface area (Å²) in [5.41, 5.74) is 4.36. The van der Waals surface area contributed by atoms with Crippen LogP contribution in [0.3, 0.4) is 0 Å². The Bertz CT molecular complexity index is 1220. The van der Waals surface area contributed by atoms with Gasteiger partial charge in [-0.2, -0.15) is 0 Å². The molecule has 34 heavy (non-hydrogen) atoms. The number of ether oxygens (including phenoxy) is 3. The fraction of sp³-hybridized carbons (Fsp3) is 0.185. The van der Waals surface area contributed by atoms with Crippen molar-refractivity contribution in [3.8, 4) is 11.5 Å². The zero-order chi connectivity index (χ0) is 24.1. The maximum atomic E-state index is 12.8. The average molecular weight is 459 g/mol. The minimum absolute atomic E-state index is 0.306. The molecule has 2 N–H and O–H groups in total. The van der Waals surface area contributed by atoms with E-state index in [4.69, 9.17) is 14.2 Å². The van der Waals surface area contributed by atoms with Crippen LogP contribution in [0.25, 0.3) is 5.70 Å². The van der Waals surface area contributed by atoms with E-state index in [0.717, 1.165) is 16.7 Å². The second-order valence-electron chi connectivity index (χ2n) is 7.82. The molecule has 3 aromatic carbocycles. The van der Waals surface area contributed by atoms with Crippen LogP contribution in [-0.4, -0.2) is 26.2 Å². The van der Waals surface area contributed by atoms with Gasteiger partial charge >= 0.3 is 12.0 Å². The molecule has 0 aliphatic carbocycles. The summed E-state index contributed by atoms with van der Waals surface area (Å²) in [6, 6.07) is 21.3. The van der Waals surface area contributed by atoms with Gasteiger partial charge in [-0.15, -0.1) is 0 Å². The highest BCUT2D eigenvalue weighted by Crippen LogP contribution is 2.33. The van der Waals surface area contributed by atoms with Gasteiger partial charge in [0.1, 0.15) is 18.1 Å². The van der Waals surface area contributed by atoms with Crippen LogP contribution in [0.1, 0.15) is 28.3 Å². The van der Waals surface area contributed by atoms with Crippen LogP contribution in [0.2, 0.25) is 0 Å². The van der Waals surface area contributed by atoms with Gasteiger partial charge in [-0.3, -0.25) is 0 Å². The average Bonchev–Trinajstić information content (AvgIpc) is 2.87. The van der Waals surface area contributed by atoms with Crippen LogP contribution in [0.5, 0.6) is 11.5 Å². The topological polar surface area (TPSA) is 85.9 Å². The number of methoxy groups -OCH3 is 2. The molecule has 0 aromatic heterocycles. The summed E-state index contributed by atoms with van der Waals surface area (Å²) < 4.78 is 16.2. The van der Waals surface area contributed by atoms with E-state index in [2.05, 4.69) is 10.6 Å². The molecule has 0 radical (unpaired) electrons. The quantitative estimate of drug-likeness (QED) is 0.509. The highest BCUT2D eigenvalue weighted by atomic mass is 16.5. The molecule has 0 bridgehead atoms. The van der Waals surface area contributed by atoms with Gasteiger partial charge in [0.15, 0.2) is 0 Å². The van der Waals surface area contributed by atoms with Gasteiger partial charge in [0.25, 0.3) is 0 Å². The molecule has 1 unspecified atom stereocenters. The summed E-state index contributed by atoms with van der Waals surface area (Å²) in [6.45, 7) is 2.49. The van der Waals surface area contributed by atoms with E-state index in [1.54, 1.807) is 31.4 Å². The molecule has 2 amide bonds. The molecule has 0 fully saturated rings. The summed E-state index contributed by atoms with van der Waals surface area (Å²) in [5.74, 6) is 0.816. The molecule has 1 aliphatic heterocycles. The van der Waals surface area contributed by atoms with E-state index in [-0.39, 0.29) is 0 Å². The Hall–Kier alpha value is -4.26. The minimum Gasteiger partial charge on any atom is -0.497 e. The summed E-state index contributed by atoms with van der Waals surface area (Å²) in [4.78, 5) is 25.3. The zero-order valence-electron chi connectivity index (χ0n) is 19.3. The largest absolute Gasteiger partial charge is 0.497 e. The lowest BCUT2D eigenvalue weighted by atomic mass is 9.92. The number of carbonyl (C=O) groups is 2. The smallest absolute Gasteiger partial charge is 0.338 e. The number of hydrogen-bond donors (Lipinski definition) is 2. The first-order valence-electron chi connectivity index (χ1n) is 10.8. The molecule has 1 aliphatic rings. The van der Waals surface area contributed by atoms with Gasteiger partial charge < -0.3 is 24.8 Å². The van der Waals surface area contributed by atoms with E-state index in [1.165, 1.54) is 7.11 Å². The monoisotopic (exact) mass is 458 g/mol. The van der Waals surface area contributed by atoms with E-state index in [0.29, 0.717) is 34.9 Å². The molecule has 7 heteroatoms. The number of benzene rings is 3. The zero-order valence-corrected chi connectivity index (χ0v) is 19.3. The number of carbonyl (C=O) groups excluding carboxylic acids is 2. The number of rotatable bonds is 7. The Balaban J connectivity index is 1.63. The Morgan fingerprint density at radius 2 is 1.59 bits per heavy atom. The molecule has 7 nitrogen and oxygen atoms in total. The summed E-state index contributed by atoms with van der Waals surface area (Å²) in [7, 11) is 2.89. The van der Waals surface area contributed by atoms with Crippen molar-refractivity contribution >= 4 is 17.7 Å². The van der Waals surface area contributed by atoms with Crippen molar-refractivity contribution in [1.82, 2.24) is 10.6 Å². The number of amides is 2. The number of aryl methyl sites for hydroxylation is 1. The molecule has 4 rings (SSSR count). The lowest BCUT2D eigenvalue weighted by molar-refractivity contribution is -0.136. The third-order valence-electron chi connectivity index (χ3n) is 5.73. The number of esters is 1. The molecule has 0 saturated heterocycles. The Morgan fingerprint density at radius 3 is 2.24 bits per heavy atom. The lowest BCUT2D eigenvalue weighted by Crippen LogP contribution is -2.45. The standard InChI is InChI=1S/C27H26N2O5/c1-17-6-4-5-7-20(17)16-34-22-14-10-19(11-15-22)25-23(26(30)33-3)24(28-27(31)29-25)18-8-12-21(32-2)13-9-18/h4-15,25H,16H2,1-3H3,(H2,28,29,31). The summed E-state index contributed by atoms with van der Waals surface area (Å²) in [5, 5.41) is 5.58. The van der Waals surface area contributed by atoms with E-state index in [9.17, 15) is 9.59 Å². The molecule has 0 spiro atoms. The lowest BCUT2D eigenvalue weighted by Gasteiger charge is -2.29. The highest BCUT2D eigenvalue weighted by Gasteiger charge is 2.34. The van der Waals surface area contributed by atoms with Gasteiger partial charge in [-0.1, -0.05) is 36.4 Å². The molecular weight excluding hydrogens is 432 g/mol. The molecule has 174 valence electrons. The Morgan fingerprint density at radius 1 is 0.912 bits per heavy atom. The van der Waals surface area contributed by atoms with E-state index < -0.39 is 18.0 Å². The van der Waals surface area contributed by atoms with Crippen molar-refractivity contribution in [2.24, 2.45) is 0 Å². The summed E-state index contributed by atoms with van der Waals surface area (Å²) >= 11 is 0. The van der Waals surface area contributed by atoms with Crippen LogP contribution < -0.4 is 20.1 Å². The minimum atomic E-state index is -0.691. The van der Waals surface area contributed by atoms with Crippen LogP contribution in [0.4, 0.5) is 4.79 Å². The van der Waals surface area contributed by atoms with Crippen LogP contribution in [-0.2, 0) is 16.1 Å². The van der Waals surface area contributed by atoms with Crippen molar-refractivity contribution in [3.63, 3.8) is 0 Å². The first-order valence-corrected chi connectivity index (χ1v) is 10.8. The Kier molecular flexibility index (Phi) is 6.82. The van der Waals surface area contributed by atoms with Gasteiger partial charge in [0, 0.05) is 0 Å². The van der Waals surface area contributed by atoms with Crippen molar-refractivity contribution in [2.45, 2.75) is 19.6 Å². The van der Waals surface area contributed by atoms with Gasteiger partial charge in [0.05, 0.1) is 31.5 Å². The summed E-state index contributed by atoms with van der Waals surface area (Å²) in [6.07, 6.45) is 0. The molecular formula is C27H26N2O5.